The molecule has 3 aliphatic heterocycles. The van der Waals surface area contributed by atoms with Crippen LogP contribution in [0, 0.1) is 0 Å². The minimum absolute atomic E-state index is 0.344. The van der Waals surface area contributed by atoms with Crippen LogP contribution < -0.4 is 4.90 Å². The highest BCUT2D eigenvalue weighted by Crippen LogP contribution is 2.24. The van der Waals surface area contributed by atoms with E-state index in [0.717, 1.165) is 5.69 Å². The molecule has 5 rings (SSSR count). The number of rotatable bonds is 4. The van der Waals surface area contributed by atoms with Crippen LogP contribution in [-0.2, 0) is 4.79 Å². The van der Waals surface area contributed by atoms with Gasteiger partial charge in [0.25, 0.3) is 5.91 Å². The van der Waals surface area contributed by atoms with Crippen molar-refractivity contribution in [2.75, 3.05) is 31.1 Å². The van der Waals surface area contributed by atoms with Gasteiger partial charge in [-0.2, -0.15) is 0 Å². The fourth-order valence-electron chi connectivity index (χ4n) is 3.75. The lowest BCUT2D eigenvalue weighted by atomic mass is 9.96. The number of Topliss-reactive ketones (excluding diaryl/α,β-unsaturated/α-hetero) is 1. The Morgan fingerprint density at radius 2 is 1.57 bits per heavy atom. The number of carboxylic acids is 1. The summed E-state index contributed by atoms with van der Waals surface area (Å²) in [6, 6.07) is 9.22. The first kappa shape index (κ1) is 18.1. The zero-order chi connectivity index (χ0) is 19.7. The van der Waals surface area contributed by atoms with Crippen molar-refractivity contribution in [3.63, 3.8) is 0 Å². The molecule has 1 atom stereocenters. The molecule has 1 N–H and O–H groups in total. The third-order valence-corrected chi connectivity index (χ3v) is 5.18. The number of hydrogen-bond acceptors (Lipinski definition) is 6. The standard InChI is InChI=1S/C20H20N4O4/c25-18(26)13-17-19(27)14-1-3-15(4-2-14)20(28)24(17)23-11-9-22(10-12-23)16-5-7-21-8-6-16/h1-8,17H,9-13H2,(H,25,26)/t17-/m0/s1. The van der Waals surface area contributed by atoms with Gasteiger partial charge in [-0.1, -0.05) is 12.1 Å². The van der Waals surface area contributed by atoms with Crippen molar-refractivity contribution in [2.24, 2.45) is 0 Å². The van der Waals surface area contributed by atoms with Crippen molar-refractivity contribution in [3.8, 4) is 0 Å². The third-order valence-electron chi connectivity index (χ3n) is 5.18. The molecule has 8 nitrogen and oxygen atoms in total. The van der Waals surface area contributed by atoms with E-state index in [1.54, 1.807) is 36.7 Å². The van der Waals surface area contributed by atoms with Crippen molar-refractivity contribution < 1.29 is 19.5 Å². The quantitative estimate of drug-likeness (QED) is 0.854. The second-order valence-corrected chi connectivity index (χ2v) is 6.85. The minimum atomic E-state index is -1.11. The second-order valence-electron chi connectivity index (χ2n) is 6.85. The molecule has 2 bridgehead atoms. The van der Waals surface area contributed by atoms with E-state index in [0.29, 0.717) is 37.3 Å². The molecule has 2 aromatic rings. The average molecular weight is 380 g/mol. The molecule has 3 aliphatic rings. The lowest BCUT2D eigenvalue weighted by molar-refractivity contribution is -0.139. The van der Waals surface area contributed by atoms with Crippen LogP contribution in [0.1, 0.15) is 27.1 Å². The maximum atomic E-state index is 13.1. The molecule has 1 aromatic heterocycles. The smallest absolute Gasteiger partial charge is 0.305 e. The van der Waals surface area contributed by atoms with Crippen LogP contribution in [0.25, 0.3) is 0 Å². The van der Waals surface area contributed by atoms with Crippen LogP contribution in [0.3, 0.4) is 0 Å². The van der Waals surface area contributed by atoms with Gasteiger partial charge >= 0.3 is 5.97 Å². The Labute approximate surface area is 162 Å². The van der Waals surface area contributed by atoms with Crippen LogP contribution in [0.4, 0.5) is 5.69 Å². The van der Waals surface area contributed by atoms with Crippen molar-refractivity contribution >= 4 is 23.3 Å². The molecule has 1 fully saturated rings. The number of hydrazine groups is 1. The lowest BCUT2D eigenvalue weighted by Gasteiger charge is -2.44. The van der Waals surface area contributed by atoms with E-state index in [1.165, 1.54) is 5.01 Å². The summed E-state index contributed by atoms with van der Waals surface area (Å²) >= 11 is 0. The normalized spacial score (nSPS) is 20.2. The number of carboxylic acid groups (broad SMARTS) is 1. The Morgan fingerprint density at radius 1 is 0.964 bits per heavy atom. The number of piperazine rings is 1. The number of benzene rings is 1. The van der Waals surface area contributed by atoms with Crippen LogP contribution in [-0.4, -0.2) is 70.0 Å². The van der Waals surface area contributed by atoms with E-state index in [1.807, 2.05) is 17.1 Å². The molecule has 0 spiro atoms. The van der Waals surface area contributed by atoms with Crippen LogP contribution in [0.2, 0.25) is 0 Å². The number of carbonyl (C=O) groups excluding carboxylic acids is 2. The number of hydrogen-bond donors (Lipinski definition) is 1. The van der Waals surface area contributed by atoms with E-state index in [4.69, 9.17) is 0 Å². The van der Waals surface area contributed by atoms with Gasteiger partial charge in [0, 0.05) is 55.4 Å². The van der Waals surface area contributed by atoms with E-state index >= 15 is 0 Å². The summed E-state index contributed by atoms with van der Waals surface area (Å²) in [6.07, 6.45) is 3.04. The Morgan fingerprint density at radius 3 is 2.18 bits per heavy atom. The number of pyridine rings is 1. The van der Waals surface area contributed by atoms with Gasteiger partial charge in [0.05, 0.1) is 6.42 Å². The predicted octanol–water partition coefficient (Wildman–Crippen LogP) is 1.30. The molecule has 1 amide bonds. The zero-order valence-electron chi connectivity index (χ0n) is 15.2. The number of fused-ring (bicyclic) bond motifs is 5. The summed E-state index contributed by atoms with van der Waals surface area (Å²) in [5.74, 6) is -1.80. The van der Waals surface area contributed by atoms with Gasteiger partial charge in [-0.3, -0.25) is 24.4 Å². The minimum Gasteiger partial charge on any atom is -0.481 e. The van der Waals surface area contributed by atoms with Gasteiger partial charge < -0.3 is 10.0 Å². The zero-order valence-corrected chi connectivity index (χ0v) is 15.2. The first-order chi connectivity index (χ1) is 13.5. The summed E-state index contributed by atoms with van der Waals surface area (Å²) in [6.45, 7) is 2.32. The van der Waals surface area contributed by atoms with Crippen LogP contribution in [0.15, 0.2) is 48.8 Å². The summed E-state index contributed by atoms with van der Waals surface area (Å²) in [4.78, 5) is 43.6. The van der Waals surface area contributed by atoms with Crippen molar-refractivity contribution in [2.45, 2.75) is 12.5 Å². The molecule has 4 heterocycles. The predicted molar refractivity (Wildman–Crippen MR) is 101 cm³/mol. The maximum absolute atomic E-state index is 13.1. The van der Waals surface area contributed by atoms with Gasteiger partial charge in [-0.15, -0.1) is 0 Å². The highest BCUT2D eigenvalue weighted by atomic mass is 16.4. The molecule has 8 heteroatoms. The molecule has 0 saturated carbocycles. The van der Waals surface area contributed by atoms with Crippen molar-refractivity contribution in [3.05, 3.63) is 59.9 Å². The number of nitrogens with zero attached hydrogens (tertiary/aromatic N) is 4. The van der Waals surface area contributed by atoms with E-state index in [9.17, 15) is 19.5 Å². The van der Waals surface area contributed by atoms with E-state index in [-0.39, 0.29) is 11.7 Å². The Kier molecular flexibility index (Phi) is 4.79. The number of anilines is 1. The Bertz CT molecular complexity index is 892. The third kappa shape index (κ3) is 3.34. The molecule has 1 saturated heterocycles. The molecule has 28 heavy (non-hydrogen) atoms. The summed E-state index contributed by atoms with van der Waals surface area (Å²) in [7, 11) is 0. The fourth-order valence-corrected chi connectivity index (χ4v) is 3.75. The molecular weight excluding hydrogens is 360 g/mol. The van der Waals surface area contributed by atoms with Crippen LogP contribution >= 0.6 is 0 Å². The number of amides is 1. The number of aliphatic carboxylic acids is 1. The van der Waals surface area contributed by atoms with Gasteiger partial charge in [-0.25, -0.2) is 5.01 Å². The summed E-state index contributed by atoms with van der Waals surface area (Å²) < 4.78 is 0. The first-order valence-electron chi connectivity index (χ1n) is 9.14. The topological polar surface area (TPSA) is 94.0 Å². The molecule has 0 unspecified atom stereocenters. The van der Waals surface area contributed by atoms with E-state index < -0.39 is 18.4 Å². The fraction of sp³-hybridized carbons (Fsp3) is 0.300. The number of aromatic nitrogens is 1. The van der Waals surface area contributed by atoms with Gasteiger partial charge in [-0.05, 0) is 24.3 Å². The molecule has 144 valence electrons. The average Bonchev–Trinajstić information content (AvgIpc) is 2.73. The SMILES string of the molecule is O=C(O)C[C@H]1C(=O)c2ccc(cc2)C(=O)N1N1CCN(c2ccncc2)CC1. The number of ketones is 1. The lowest BCUT2D eigenvalue weighted by Crippen LogP contribution is -2.61. The van der Waals surface area contributed by atoms with Gasteiger partial charge in [0.2, 0.25) is 0 Å². The highest BCUT2D eigenvalue weighted by molar-refractivity contribution is 6.07. The second kappa shape index (κ2) is 7.40. The highest BCUT2D eigenvalue weighted by Gasteiger charge is 2.39. The van der Waals surface area contributed by atoms with Gasteiger partial charge in [0.1, 0.15) is 6.04 Å². The molecule has 0 radical (unpaired) electrons. The molecular formula is C20H20N4O4. The Balaban J connectivity index is 1.60. The monoisotopic (exact) mass is 380 g/mol. The molecule has 1 aromatic carbocycles. The Hall–Kier alpha value is -3.26. The summed E-state index contributed by atoms with van der Waals surface area (Å²) in [5, 5.41) is 12.5. The maximum Gasteiger partial charge on any atom is 0.305 e. The van der Waals surface area contributed by atoms with Crippen LogP contribution in [0.5, 0.6) is 0 Å². The first-order valence-corrected chi connectivity index (χ1v) is 9.14. The van der Waals surface area contributed by atoms with Crippen molar-refractivity contribution in [1.82, 2.24) is 15.0 Å². The number of carbonyl (C=O) groups is 3. The summed E-state index contributed by atoms with van der Waals surface area (Å²) in [5.41, 5.74) is 1.91. The van der Waals surface area contributed by atoms with Crippen molar-refractivity contribution in [1.29, 1.82) is 0 Å². The largest absolute Gasteiger partial charge is 0.481 e. The van der Waals surface area contributed by atoms with Gasteiger partial charge in [0.15, 0.2) is 5.78 Å². The van der Waals surface area contributed by atoms with E-state index in [2.05, 4.69) is 9.88 Å². The molecule has 0 aliphatic carbocycles.